The molecule has 0 radical (unpaired) electrons. The van der Waals surface area contributed by atoms with E-state index >= 15 is 4.39 Å². The Morgan fingerprint density at radius 2 is 1.73 bits per heavy atom. The first-order valence-electron chi connectivity index (χ1n) is 12.7. The van der Waals surface area contributed by atoms with Crippen molar-refractivity contribution < 1.29 is 9.18 Å². The number of nitrogens with zero attached hydrogens (tertiary/aromatic N) is 1. The number of rotatable bonds is 4. The molecule has 0 aliphatic heterocycles. The number of halogens is 2. The molecule has 0 saturated carbocycles. The van der Waals surface area contributed by atoms with Crippen LogP contribution in [-0.4, -0.2) is 20.4 Å². The van der Waals surface area contributed by atoms with Gasteiger partial charge in [-0.15, -0.1) is 0 Å². The molecule has 6 rings (SSSR count). The molecule has 0 bridgehead atoms. The van der Waals surface area contributed by atoms with Gasteiger partial charge in [-0.1, -0.05) is 55.8 Å². The summed E-state index contributed by atoms with van der Waals surface area (Å²) in [5.74, 6) is -1.15. The van der Waals surface area contributed by atoms with E-state index in [-0.39, 0.29) is 33.0 Å². The van der Waals surface area contributed by atoms with Crippen LogP contribution >= 0.6 is 11.6 Å². The van der Waals surface area contributed by atoms with Crippen LogP contribution < -0.4 is 17.0 Å². The second-order valence-corrected chi connectivity index (χ2v) is 10.6. The Morgan fingerprint density at radius 3 is 2.45 bits per heavy atom. The van der Waals surface area contributed by atoms with Crippen molar-refractivity contribution in [2.24, 2.45) is 5.73 Å². The summed E-state index contributed by atoms with van der Waals surface area (Å²) >= 11 is 6.21. The number of nitrogens with one attached hydrogen (secondary N) is 2. The lowest BCUT2D eigenvalue weighted by Crippen LogP contribution is -2.34. The number of amides is 1. The van der Waals surface area contributed by atoms with E-state index in [2.05, 4.69) is 23.8 Å². The molecule has 7 nitrogen and oxygen atoms in total. The number of aromatic amines is 2. The number of fused-ring (bicyclic) bond motifs is 4. The molecule has 0 atom stereocenters. The molecule has 4 aromatic carbocycles. The van der Waals surface area contributed by atoms with E-state index < -0.39 is 23.0 Å². The molecular weight excluding hydrogens is 531 g/mol. The third kappa shape index (κ3) is 3.75. The smallest absolute Gasteiger partial charge is 0.333 e. The molecule has 9 heteroatoms. The van der Waals surface area contributed by atoms with Crippen LogP contribution in [0.4, 0.5) is 4.39 Å². The van der Waals surface area contributed by atoms with Gasteiger partial charge in [-0.3, -0.25) is 9.59 Å². The first-order chi connectivity index (χ1) is 19.1. The Labute approximate surface area is 232 Å². The standard InChI is InChI=1S/C31H24ClFN4O3/c1-14(2)16-10-11-18-23(12-16)35-28-20(29(34)38)13-22(33)25(26(18)28)17-6-5-9-24(15(17)3)37-30(39)19-7-4-8-21(32)27(19)36-31(37)40/h4-14,35H,1-3H3,(H2,34,38)(H,36,40). The average molecular weight is 555 g/mol. The van der Waals surface area contributed by atoms with Crippen molar-refractivity contribution in [2.75, 3.05) is 0 Å². The van der Waals surface area contributed by atoms with Gasteiger partial charge in [-0.25, -0.2) is 13.8 Å². The predicted molar refractivity (Wildman–Crippen MR) is 157 cm³/mol. The number of hydrogen-bond donors (Lipinski definition) is 3. The van der Waals surface area contributed by atoms with Crippen LogP contribution in [-0.2, 0) is 0 Å². The Hall–Kier alpha value is -4.69. The minimum Gasteiger partial charge on any atom is -0.366 e. The molecule has 0 saturated heterocycles. The maximum Gasteiger partial charge on any atom is 0.333 e. The molecule has 2 aromatic heterocycles. The molecule has 40 heavy (non-hydrogen) atoms. The summed E-state index contributed by atoms with van der Waals surface area (Å²) in [5.41, 5.74) is 8.42. The van der Waals surface area contributed by atoms with E-state index in [1.807, 2.05) is 18.2 Å². The molecule has 200 valence electrons. The predicted octanol–water partition coefficient (Wildman–Crippen LogP) is 6.30. The minimum atomic E-state index is -0.760. The number of hydrogen-bond acceptors (Lipinski definition) is 3. The van der Waals surface area contributed by atoms with Gasteiger partial charge in [-0.05, 0) is 59.9 Å². The summed E-state index contributed by atoms with van der Waals surface area (Å²) in [5, 5.41) is 1.71. The van der Waals surface area contributed by atoms with Gasteiger partial charge in [0.1, 0.15) is 5.82 Å². The lowest BCUT2D eigenvalue weighted by Gasteiger charge is -2.16. The molecule has 4 N–H and O–H groups in total. The molecule has 1 amide bonds. The fraction of sp³-hybridized carbons (Fsp3) is 0.129. The fourth-order valence-corrected chi connectivity index (χ4v) is 5.67. The van der Waals surface area contributed by atoms with Crippen LogP contribution in [0.5, 0.6) is 0 Å². The molecule has 0 unspecified atom stereocenters. The topological polar surface area (TPSA) is 114 Å². The van der Waals surface area contributed by atoms with E-state index in [0.29, 0.717) is 27.7 Å². The van der Waals surface area contributed by atoms with Gasteiger partial charge in [-0.2, -0.15) is 0 Å². The number of benzene rings is 4. The maximum absolute atomic E-state index is 16.0. The van der Waals surface area contributed by atoms with Crippen LogP contribution in [0.2, 0.25) is 5.02 Å². The lowest BCUT2D eigenvalue weighted by molar-refractivity contribution is 0.100. The summed E-state index contributed by atoms with van der Waals surface area (Å²) < 4.78 is 17.0. The van der Waals surface area contributed by atoms with Crippen molar-refractivity contribution in [3.8, 4) is 16.8 Å². The molecule has 0 spiro atoms. The van der Waals surface area contributed by atoms with Crippen molar-refractivity contribution in [3.05, 3.63) is 109 Å². The first kappa shape index (κ1) is 25.6. The van der Waals surface area contributed by atoms with Gasteiger partial charge in [0.15, 0.2) is 0 Å². The van der Waals surface area contributed by atoms with E-state index in [9.17, 15) is 14.4 Å². The largest absolute Gasteiger partial charge is 0.366 e. The van der Waals surface area contributed by atoms with Gasteiger partial charge < -0.3 is 15.7 Å². The van der Waals surface area contributed by atoms with Crippen molar-refractivity contribution >= 4 is 50.2 Å². The van der Waals surface area contributed by atoms with Crippen LogP contribution in [0.3, 0.4) is 0 Å². The van der Waals surface area contributed by atoms with Crippen LogP contribution in [0.1, 0.15) is 41.3 Å². The number of aromatic nitrogens is 3. The van der Waals surface area contributed by atoms with Crippen molar-refractivity contribution in [3.63, 3.8) is 0 Å². The van der Waals surface area contributed by atoms with Gasteiger partial charge >= 0.3 is 5.69 Å². The maximum atomic E-state index is 16.0. The van der Waals surface area contributed by atoms with Crippen LogP contribution in [0, 0.1) is 12.7 Å². The van der Waals surface area contributed by atoms with E-state index in [0.717, 1.165) is 27.1 Å². The van der Waals surface area contributed by atoms with Crippen molar-refractivity contribution in [2.45, 2.75) is 26.7 Å². The van der Waals surface area contributed by atoms with Gasteiger partial charge in [0, 0.05) is 21.9 Å². The Kier molecular flexibility index (Phi) is 5.89. The summed E-state index contributed by atoms with van der Waals surface area (Å²) in [6, 6.07) is 16.8. The fourth-order valence-electron chi connectivity index (χ4n) is 5.44. The summed E-state index contributed by atoms with van der Waals surface area (Å²) in [6.45, 7) is 5.86. The monoisotopic (exact) mass is 554 g/mol. The van der Waals surface area contributed by atoms with E-state index in [4.69, 9.17) is 17.3 Å². The van der Waals surface area contributed by atoms with Gasteiger partial charge in [0.25, 0.3) is 11.5 Å². The summed E-state index contributed by atoms with van der Waals surface area (Å²) in [7, 11) is 0. The highest BCUT2D eigenvalue weighted by Gasteiger charge is 2.24. The number of carbonyl (C=O) groups excluding carboxylic acids is 1. The third-order valence-corrected chi connectivity index (χ3v) is 7.80. The van der Waals surface area contributed by atoms with Crippen molar-refractivity contribution in [1.29, 1.82) is 0 Å². The average Bonchev–Trinajstić information content (AvgIpc) is 3.28. The second kappa shape index (κ2) is 9.20. The molecule has 6 aromatic rings. The zero-order chi connectivity index (χ0) is 28.5. The summed E-state index contributed by atoms with van der Waals surface area (Å²) in [4.78, 5) is 44.9. The molecule has 0 aliphatic carbocycles. The summed E-state index contributed by atoms with van der Waals surface area (Å²) in [6.07, 6.45) is 0. The quantitative estimate of drug-likeness (QED) is 0.237. The van der Waals surface area contributed by atoms with Crippen molar-refractivity contribution in [1.82, 2.24) is 14.5 Å². The zero-order valence-electron chi connectivity index (χ0n) is 21.9. The lowest BCUT2D eigenvalue weighted by atomic mass is 9.92. The zero-order valence-corrected chi connectivity index (χ0v) is 22.6. The minimum absolute atomic E-state index is 0.0337. The normalized spacial score (nSPS) is 11.8. The highest BCUT2D eigenvalue weighted by molar-refractivity contribution is 6.35. The number of carbonyl (C=O) groups is 1. The van der Waals surface area contributed by atoms with E-state index in [1.54, 1.807) is 43.3 Å². The van der Waals surface area contributed by atoms with Gasteiger partial charge in [0.05, 0.1) is 32.7 Å². The van der Waals surface area contributed by atoms with E-state index in [1.165, 1.54) is 0 Å². The molecule has 0 fully saturated rings. The molecule has 2 heterocycles. The second-order valence-electron chi connectivity index (χ2n) is 10.2. The first-order valence-corrected chi connectivity index (χ1v) is 13.1. The number of nitrogens with two attached hydrogens (primary N) is 1. The van der Waals surface area contributed by atoms with Crippen LogP contribution in [0.15, 0.2) is 70.3 Å². The Morgan fingerprint density at radius 1 is 0.975 bits per heavy atom. The third-order valence-electron chi connectivity index (χ3n) is 7.48. The Bertz CT molecular complexity index is 2160. The van der Waals surface area contributed by atoms with Gasteiger partial charge in [0.2, 0.25) is 0 Å². The number of primary amides is 1. The highest BCUT2D eigenvalue weighted by Crippen LogP contribution is 2.41. The number of para-hydroxylation sites is 1. The number of H-pyrrole nitrogens is 2. The highest BCUT2D eigenvalue weighted by atomic mass is 35.5. The Balaban J connectivity index is 1.69. The molecule has 0 aliphatic rings. The van der Waals surface area contributed by atoms with Crippen LogP contribution in [0.25, 0.3) is 49.5 Å². The molecular formula is C31H24ClFN4O3. The SMILES string of the molecule is Cc1c(-c2c(F)cc(C(N)=O)c3[nH]c4cc(C(C)C)ccc4c23)cccc1-n1c(=O)[nH]c2c(Cl)cccc2c1=O.